The molecule has 0 bridgehead atoms. The first-order chi connectivity index (χ1) is 4.81. The topological polar surface area (TPSA) is 38.5 Å². The molecule has 3 heteroatoms. The fourth-order valence-corrected chi connectivity index (χ4v) is 1.87. The van der Waals surface area contributed by atoms with Crippen LogP contribution in [0.3, 0.4) is 0 Å². The lowest BCUT2D eigenvalue weighted by Gasteiger charge is -2.46. The molecule has 2 heterocycles. The van der Waals surface area contributed by atoms with Gasteiger partial charge in [-0.25, -0.2) is 5.01 Å². The van der Waals surface area contributed by atoms with Crippen LogP contribution in [0.1, 0.15) is 12.8 Å². The van der Waals surface area contributed by atoms with E-state index in [0.29, 0.717) is 5.41 Å². The maximum atomic E-state index is 5.70. The molecule has 0 radical (unpaired) electrons. The third-order valence-corrected chi connectivity index (χ3v) is 2.51. The molecule has 2 N–H and O–H groups in total. The number of ether oxygens (including phenoxy) is 1. The number of hydrazine groups is 1. The van der Waals surface area contributed by atoms with Crippen molar-refractivity contribution in [3.8, 4) is 0 Å². The molecule has 0 atom stereocenters. The molecule has 1 spiro atoms. The van der Waals surface area contributed by atoms with Gasteiger partial charge < -0.3 is 4.74 Å². The molecule has 10 heavy (non-hydrogen) atoms. The van der Waals surface area contributed by atoms with Crippen LogP contribution in [-0.4, -0.2) is 31.3 Å². The van der Waals surface area contributed by atoms with E-state index in [4.69, 9.17) is 10.6 Å². The van der Waals surface area contributed by atoms with Gasteiger partial charge in [0.2, 0.25) is 0 Å². The van der Waals surface area contributed by atoms with Crippen LogP contribution in [0.15, 0.2) is 0 Å². The second kappa shape index (κ2) is 2.19. The van der Waals surface area contributed by atoms with Crippen LogP contribution in [0.4, 0.5) is 0 Å². The molecular formula is C7H14N2O. The first-order valence-electron chi connectivity index (χ1n) is 3.88. The Morgan fingerprint density at radius 2 is 2.20 bits per heavy atom. The molecule has 2 aliphatic heterocycles. The van der Waals surface area contributed by atoms with Crippen molar-refractivity contribution in [3.05, 3.63) is 0 Å². The minimum absolute atomic E-state index is 0.451. The molecule has 2 rings (SSSR count). The van der Waals surface area contributed by atoms with Crippen LogP contribution in [-0.2, 0) is 4.74 Å². The van der Waals surface area contributed by atoms with Crippen LogP contribution < -0.4 is 5.84 Å². The highest BCUT2D eigenvalue weighted by atomic mass is 16.5. The Morgan fingerprint density at radius 3 is 2.60 bits per heavy atom. The van der Waals surface area contributed by atoms with Crippen molar-refractivity contribution in [1.29, 1.82) is 0 Å². The Morgan fingerprint density at radius 1 is 1.40 bits per heavy atom. The molecule has 2 saturated heterocycles. The van der Waals surface area contributed by atoms with Gasteiger partial charge in [-0.05, 0) is 12.8 Å². The summed E-state index contributed by atoms with van der Waals surface area (Å²) in [5.41, 5.74) is 0.451. The second-order valence-electron chi connectivity index (χ2n) is 3.57. The van der Waals surface area contributed by atoms with Gasteiger partial charge in [0.15, 0.2) is 0 Å². The van der Waals surface area contributed by atoms with E-state index >= 15 is 0 Å². The Kier molecular flexibility index (Phi) is 1.44. The van der Waals surface area contributed by atoms with Crippen molar-refractivity contribution in [2.24, 2.45) is 11.3 Å². The summed E-state index contributed by atoms with van der Waals surface area (Å²) in [5, 5.41) is 1.92. The predicted molar refractivity (Wildman–Crippen MR) is 38.2 cm³/mol. The van der Waals surface area contributed by atoms with E-state index in [1.807, 2.05) is 5.01 Å². The Labute approximate surface area is 61.1 Å². The first-order valence-corrected chi connectivity index (χ1v) is 3.88. The van der Waals surface area contributed by atoms with Crippen LogP contribution in [0, 0.1) is 5.41 Å². The summed E-state index contributed by atoms with van der Waals surface area (Å²) in [5.74, 6) is 5.70. The standard InChI is InChI=1S/C7H14N2O/c8-9-3-1-2-7(4-9)5-10-6-7/h1-6,8H2. The molecule has 2 aliphatic rings. The first kappa shape index (κ1) is 6.58. The highest BCUT2D eigenvalue weighted by molar-refractivity contribution is 4.90. The fourth-order valence-electron chi connectivity index (χ4n) is 1.87. The van der Waals surface area contributed by atoms with Gasteiger partial charge in [-0.3, -0.25) is 5.84 Å². The molecule has 0 aromatic rings. The predicted octanol–water partition coefficient (Wildman–Crippen LogP) is -0.0275. The average molecular weight is 142 g/mol. The van der Waals surface area contributed by atoms with E-state index in [9.17, 15) is 0 Å². The summed E-state index contributed by atoms with van der Waals surface area (Å²) < 4.78 is 5.18. The molecular weight excluding hydrogens is 128 g/mol. The van der Waals surface area contributed by atoms with Crippen molar-refractivity contribution in [3.63, 3.8) is 0 Å². The molecule has 0 aromatic heterocycles. The minimum atomic E-state index is 0.451. The Balaban J connectivity index is 1.96. The van der Waals surface area contributed by atoms with Gasteiger partial charge in [0.1, 0.15) is 0 Å². The van der Waals surface area contributed by atoms with Gasteiger partial charge in [0.25, 0.3) is 0 Å². The molecule has 58 valence electrons. The zero-order chi connectivity index (χ0) is 7.03. The van der Waals surface area contributed by atoms with Gasteiger partial charge in [0.05, 0.1) is 13.2 Å². The number of nitrogens with two attached hydrogens (primary N) is 1. The summed E-state index contributed by atoms with van der Waals surface area (Å²) in [6.45, 7) is 3.95. The van der Waals surface area contributed by atoms with Crippen LogP contribution in [0.5, 0.6) is 0 Å². The van der Waals surface area contributed by atoms with E-state index < -0.39 is 0 Å². The fraction of sp³-hybridized carbons (Fsp3) is 1.00. The molecule has 0 aliphatic carbocycles. The molecule has 0 aromatic carbocycles. The number of hydrogen-bond acceptors (Lipinski definition) is 3. The maximum Gasteiger partial charge on any atom is 0.0557 e. The summed E-state index contributed by atoms with van der Waals surface area (Å²) in [6.07, 6.45) is 2.54. The molecule has 3 nitrogen and oxygen atoms in total. The SMILES string of the molecule is NN1CCCC2(COC2)C1. The van der Waals surface area contributed by atoms with E-state index in [1.165, 1.54) is 12.8 Å². The van der Waals surface area contributed by atoms with Gasteiger partial charge in [0, 0.05) is 18.5 Å². The van der Waals surface area contributed by atoms with Crippen molar-refractivity contribution in [1.82, 2.24) is 5.01 Å². The number of rotatable bonds is 0. The third-order valence-electron chi connectivity index (χ3n) is 2.51. The van der Waals surface area contributed by atoms with E-state index in [2.05, 4.69) is 0 Å². The largest absolute Gasteiger partial charge is 0.380 e. The molecule has 0 unspecified atom stereocenters. The highest BCUT2D eigenvalue weighted by Crippen LogP contribution is 2.35. The van der Waals surface area contributed by atoms with Crippen LogP contribution >= 0.6 is 0 Å². The van der Waals surface area contributed by atoms with Crippen LogP contribution in [0.25, 0.3) is 0 Å². The lowest BCUT2D eigenvalue weighted by molar-refractivity contribution is -0.144. The molecule has 2 fully saturated rings. The molecule has 0 amide bonds. The lowest BCUT2D eigenvalue weighted by atomic mass is 9.79. The van der Waals surface area contributed by atoms with Gasteiger partial charge >= 0.3 is 0 Å². The lowest BCUT2D eigenvalue weighted by Crippen LogP contribution is -2.56. The molecule has 0 saturated carbocycles. The highest BCUT2D eigenvalue weighted by Gasteiger charge is 2.41. The summed E-state index contributed by atoms with van der Waals surface area (Å²) in [7, 11) is 0. The normalized spacial score (nSPS) is 32.1. The quantitative estimate of drug-likeness (QED) is 0.483. The zero-order valence-corrected chi connectivity index (χ0v) is 6.18. The summed E-state index contributed by atoms with van der Waals surface area (Å²) in [6, 6.07) is 0. The van der Waals surface area contributed by atoms with E-state index in [1.54, 1.807) is 0 Å². The van der Waals surface area contributed by atoms with Gasteiger partial charge in [-0.2, -0.15) is 0 Å². The monoisotopic (exact) mass is 142 g/mol. The van der Waals surface area contributed by atoms with Gasteiger partial charge in [-0.1, -0.05) is 0 Å². The van der Waals surface area contributed by atoms with Crippen molar-refractivity contribution in [2.75, 3.05) is 26.3 Å². The third kappa shape index (κ3) is 0.944. The van der Waals surface area contributed by atoms with Crippen molar-refractivity contribution >= 4 is 0 Å². The van der Waals surface area contributed by atoms with E-state index in [-0.39, 0.29) is 0 Å². The summed E-state index contributed by atoms with van der Waals surface area (Å²) >= 11 is 0. The number of hydrogen-bond donors (Lipinski definition) is 1. The minimum Gasteiger partial charge on any atom is -0.380 e. The smallest absolute Gasteiger partial charge is 0.0557 e. The van der Waals surface area contributed by atoms with Crippen LogP contribution in [0.2, 0.25) is 0 Å². The van der Waals surface area contributed by atoms with E-state index in [0.717, 1.165) is 26.3 Å². The van der Waals surface area contributed by atoms with Crippen molar-refractivity contribution < 1.29 is 4.74 Å². The number of piperidine rings is 1. The summed E-state index contributed by atoms with van der Waals surface area (Å²) in [4.78, 5) is 0. The Hall–Kier alpha value is -0.120. The number of nitrogens with zero attached hydrogens (tertiary/aromatic N) is 1. The maximum absolute atomic E-state index is 5.70. The average Bonchev–Trinajstić information content (AvgIpc) is 1.85. The zero-order valence-electron chi connectivity index (χ0n) is 6.18. The van der Waals surface area contributed by atoms with Crippen molar-refractivity contribution in [2.45, 2.75) is 12.8 Å². The van der Waals surface area contributed by atoms with Gasteiger partial charge in [-0.15, -0.1) is 0 Å². The second-order valence-corrected chi connectivity index (χ2v) is 3.57. The Bertz CT molecular complexity index is 134.